The summed E-state index contributed by atoms with van der Waals surface area (Å²) in [5.74, 6) is 0.736. The number of para-hydroxylation sites is 2. The summed E-state index contributed by atoms with van der Waals surface area (Å²) in [5.41, 5.74) is 1.80. The Morgan fingerprint density at radius 3 is 2.30 bits per heavy atom. The standard InChI is InChI=1S/C24H29N3O3/c28-23(18-30-20-8-2-1-3-9-20)25-19-12-16-26(17-13-19)22-11-5-4-10-21(22)24(29)27-14-6-7-15-27/h1-5,8-11,19H,6-7,12-18H2,(H,25,28). The summed E-state index contributed by atoms with van der Waals surface area (Å²) >= 11 is 0. The van der Waals surface area contributed by atoms with Crippen LogP contribution in [0.2, 0.25) is 0 Å². The second kappa shape index (κ2) is 9.65. The van der Waals surface area contributed by atoms with Crippen molar-refractivity contribution in [2.75, 3.05) is 37.7 Å². The van der Waals surface area contributed by atoms with Gasteiger partial charge in [-0.3, -0.25) is 9.59 Å². The van der Waals surface area contributed by atoms with E-state index < -0.39 is 0 Å². The molecule has 2 aliphatic rings. The SMILES string of the molecule is O=C(COc1ccccc1)NC1CCN(c2ccccc2C(=O)N2CCCC2)CC1. The molecule has 6 nitrogen and oxygen atoms in total. The van der Waals surface area contributed by atoms with Crippen molar-refractivity contribution in [2.45, 2.75) is 31.7 Å². The van der Waals surface area contributed by atoms with Crippen LogP contribution >= 0.6 is 0 Å². The first-order chi connectivity index (χ1) is 14.7. The van der Waals surface area contributed by atoms with Gasteiger partial charge >= 0.3 is 0 Å². The van der Waals surface area contributed by atoms with Gasteiger partial charge in [-0.25, -0.2) is 0 Å². The molecule has 0 spiro atoms. The number of hydrogen-bond acceptors (Lipinski definition) is 4. The van der Waals surface area contributed by atoms with Crippen LogP contribution in [0.15, 0.2) is 54.6 Å². The molecule has 2 aromatic rings. The van der Waals surface area contributed by atoms with Gasteiger partial charge in [0.1, 0.15) is 5.75 Å². The van der Waals surface area contributed by atoms with E-state index in [1.165, 1.54) is 0 Å². The lowest BCUT2D eigenvalue weighted by molar-refractivity contribution is -0.123. The first-order valence-corrected chi connectivity index (χ1v) is 10.8. The Bertz CT molecular complexity index is 857. The molecule has 6 heteroatoms. The molecule has 2 heterocycles. The van der Waals surface area contributed by atoms with Gasteiger partial charge in [0.05, 0.1) is 5.56 Å². The highest BCUT2D eigenvalue weighted by molar-refractivity contribution is 6.00. The van der Waals surface area contributed by atoms with Gasteiger partial charge in [0, 0.05) is 37.9 Å². The van der Waals surface area contributed by atoms with E-state index in [0.717, 1.165) is 63.1 Å². The van der Waals surface area contributed by atoms with Crippen molar-refractivity contribution in [3.05, 3.63) is 60.2 Å². The highest BCUT2D eigenvalue weighted by Crippen LogP contribution is 2.26. The number of carbonyl (C=O) groups is 2. The Hall–Kier alpha value is -3.02. The lowest BCUT2D eigenvalue weighted by Crippen LogP contribution is -2.46. The van der Waals surface area contributed by atoms with Gasteiger partial charge in [-0.15, -0.1) is 0 Å². The van der Waals surface area contributed by atoms with Gasteiger partial charge in [0.2, 0.25) is 0 Å². The molecule has 4 rings (SSSR count). The monoisotopic (exact) mass is 407 g/mol. The Kier molecular flexibility index (Phi) is 6.52. The molecule has 30 heavy (non-hydrogen) atoms. The van der Waals surface area contributed by atoms with Crippen LogP contribution in [0.4, 0.5) is 5.69 Å². The maximum absolute atomic E-state index is 12.9. The molecule has 2 saturated heterocycles. The molecule has 0 aliphatic carbocycles. The van der Waals surface area contributed by atoms with Crippen LogP contribution < -0.4 is 15.0 Å². The Morgan fingerprint density at radius 2 is 1.57 bits per heavy atom. The summed E-state index contributed by atoms with van der Waals surface area (Å²) in [6, 6.07) is 17.4. The van der Waals surface area contributed by atoms with Crippen LogP contribution in [-0.2, 0) is 4.79 Å². The highest BCUT2D eigenvalue weighted by Gasteiger charge is 2.26. The zero-order valence-electron chi connectivity index (χ0n) is 17.3. The number of ether oxygens (including phenoxy) is 1. The van der Waals surface area contributed by atoms with Crippen LogP contribution in [-0.4, -0.2) is 55.5 Å². The molecule has 0 saturated carbocycles. The largest absolute Gasteiger partial charge is 0.484 e. The van der Waals surface area contributed by atoms with Crippen LogP contribution in [0.3, 0.4) is 0 Å². The van der Waals surface area contributed by atoms with E-state index in [1.807, 2.05) is 59.5 Å². The average Bonchev–Trinajstić information content (AvgIpc) is 3.34. The first kappa shape index (κ1) is 20.3. The minimum Gasteiger partial charge on any atom is -0.484 e. The van der Waals surface area contributed by atoms with Gasteiger partial charge in [0.25, 0.3) is 11.8 Å². The average molecular weight is 408 g/mol. The highest BCUT2D eigenvalue weighted by atomic mass is 16.5. The second-order valence-electron chi connectivity index (χ2n) is 7.95. The van der Waals surface area contributed by atoms with Crippen molar-refractivity contribution in [3.63, 3.8) is 0 Å². The van der Waals surface area contributed by atoms with Gasteiger partial charge in [-0.05, 0) is 49.9 Å². The van der Waals surface area contributed by atoms with Crippen LogP contribution in [0, 0.1) is 0 Å². The number of hydrogen-bond donors (Lipinski definition) is 1. The zero-order chi connectivity index (χ0) is 20.8. The Balaban J connectivity index is 1.29. The Labute approximate surface area is 177 Å². The predicted octanol–water partition coefficient (Wildman–Crippen LogP) is 3.09. The molecule has 2 fully saturated rings. The molecular formula is C24H29N3O3. The second-order valence-corrected chi connectivity index (χ2v) is 7.95. The van der Waals surface area contributed by atoms with E-state index >= 15 is 0 Å². The smallest absolute Gasteiger partial charge is 0.258 e. The van der Waals surface area contributed by atoms with Crippen molar-refractivity contribution in [2.24, 2.45) is 0 Å². The number of amides is 2. The van der Waals surface area contributed by atoms with E-state index in [4.69, 9.17) is 4.74 Å². The summed E-state index contributed by atoms with van der Waals surface area (Å²) in [7, 11) is 0. The predicted molar refractivity (Wildman–Crippen MR) is 117 cm³/mol. The van der Waals surface area contributed by atoms with Gasteiger partial charge in [-0.2, -0.15) is 0 Å². The maximum Gasteiger partial charge on any atom is 0.258 e. The molecule has 0 aromatic heterocycles. The number of anilines is 1. The Morgan fingerprint density at radius 1 is 0.900 bits per heavy atom. The van der Waals surface area contributed by atoms with Crippen molar-refractivity contribution < 1.29 is 14.3 Å². The minimum absolute atomic E-state index is 0.0252. The van der Waals surface area contributed by atoms with Crippen LogP contribution in [0.1, 0.15) is 36.0 Å². The summed E-state index contributed by atoms with van der Waals surface area (Å²) in [6.45, 7) is 3.36. The van der Waals surface area contributed by atoms with Gasteiger partial charge in [0.15, 0.2) is 6.61 Å². The van der Waals surface area contributed by atoms with Crippen molar-refractivity contribution in [3.8, 4) is 5.75 Å². The van der Waals surface area contributed by atoms with Crippen molar-refractivity contribution in [1.29, 1.82) is 0 Å². The van der Waals surface area contributed by atoms with Gasteiger partial charge < -0.3 is 19.9 Å². The topological polar surface area (TPSA) is 61.9 Å². The third kappa shape index (κ3) is 4.93. The molecule has 2 amide bonds. The first-order valence-electron chi connectivity index (χ1n) is 10.8. The van der Waals surface area contributed by atoms with E-state index in [0.29, 0.717) is 5.75 Å². The zero-order valence-corrected chi connectivity index (χ0v) is 17.3. The van der Waals surface area contributed by atoms with Crippen LogP contribution in [0.5, 0.6) is 5.75 Å². The maximum atomic E-state index is 12.9. The summed E-state index contributed by atoms with van der Waals surface area (Å²) in [4.78, 5) is 29.4. The lowest BCUT2D eigenvalue weighted by atomic mass is 10.0. The van der Waals surface area contributed by atoms with E-state index in [9.17, 15) is 9.59 Å². The molecule has 0 bridgehead atoms. The number of benzene rings is 2. The number of rotatable bonds is 6. The molecule has 0 radical (unpaired) electrons. The molecule has 2 aromatic carbocycles. The molecule has 0 atom stereocenters. The van der Waals surface area contributed by atoms with Crippen molar-refractivity contribution >= 4 is 17.5 Å². The van der Waals surface area contributed by atoms with E-state index in [2.05, 4.69) is 10.2 Å². The third-order valence-corrected chi connectivity index (χ3v) is 5.84. The van der Waals surface area contributed by atoms with Crippen molar-refractivity contribution in [1.82, 2.24) is 10.2 Å². The number of piperidine rings is 1. The fraction of sp³-hybridized carbons (Fsp3) is 0.417. The minimum atomic E-state index is -0.0954. The molecule has 0 unspecified atom stereocenters. The van der Waals surface area contributed by atoms with Crippen LogP contribution in [0.25, 0.3) is 0 Å². The van der Waals surface area contributed by atoms with Gasteiger partial charge in [-0.1, -0.05) is 30.3 Å². The molecule has 2 aliphatic heterocycles. The molecule has 1 N–H and O–H groups in total. The quantitative estimate of drug-likeness (QED) is 0.799. The summed E-state index contributed by atoms with van der Waals surface area (Å²) in [6.07, 6.45) is 3.88. The summed E-state index contributed by atoms with van der Waals surface area (Å²) < 4.78 is 5.53. The fourth-order valence-electron chi connectivity index (χ4n) is 4.22. The number of likely N-dealkylation sites (tertiary alicyclic amines) is 1. The van der Waals surface area contributed by atoms with E-state index in [-0.39, 0.29) is 24.5 Å². The normalized spacial score (nSPS) is 17.1. The van der Waals surface area contributed by atoms with E-state index in [1.54, 1.807) is 0 Å². The molecule has 158 valence electrons. The number of nitrogens with zero attached hydrogens (tertiary/aromatic N) is 2. The fourth-order valence-corrected chi connectivity index (χ4v) is 4.22. The lowest BCUT2D eigenvalue weighted by Gasteiger charge is -2.35. The molecular weight excluding hydrogens is 378 g/mol. The number of nitrogens with one attached hydrogen (secondary N) is 1. The number of carbonyl (C=O) groups excluding carboxylic acids is 2. The third-order valence-electron chi connectivity index (χ3n) is 5.84. The summed E-state index contributed by atoms with van der Waals surface area (Å²) in [5, 5.41) is 3.08.